The fourth-order valence-corrected chi connectivity index (χ4v) is 2.47. The molecule has 1 unspecified atom stereocenters. The van der Waals surface area contributed by atoms with Crippen molar-refractivity contribution in [3.63, 3.8) is 0 Å². The quantitative estimate of drug-likeness (QED) is 0.772. The Bertz CT molecular complexity index is 403. The van der Waals surface area contributed by atoms with Gasteiger partial charge in [0.1, 0.15) is 5.01 Å². The lowest BCUT2D eigenvalue weighted by molar-refractivity contribution is -0.123. The van der Waals surface area contributed by atoms with Crippen molar-refractivity contribution < 1.29 is 4.79 Å². The van der Waals surface area contributed by atoms with Crippen LogP contribution in [0.2, 0.25) is 0 Å². The third-order valence-corrected chi connectivity index (χ3v) is 3.86. The average Bonchev–Trinajstić information content (AvgIpc) is 2.74. The van der Waals surface area contributed by atoms with Crippen molar-refractivity contribution >= 4 is 34.5 Å². The largest absolute Gasteiger partial charge is 0.393 e. The summed E-state index contributed by atoms with van der Waals surface area (Å²) in [6, 6.07) is 0. The molecule has 94 valence electrons. The third-order valence-electron chi connectivity index (χ3n) is 2.43. The van der Waals surface area contributed by atoms with Gasteiger partial charge in [0.25, 0.3) is 0 Å². The molecule has 1 atom stereocenters. The number of rotatable bonds is 6. The van der Waals surface area contributed by atoms with Crippen LogP contribution in [0.15, 0.2) is 6.20 Å². The second-order valence-electron chi connectivity index (χ2n) is 3.65. The molecule has 0 aliphatic heterocycles. The normalized spacial score (nSPS) is 12.1. The number of nitrogens with zero attached hydrogens (tertiary/aromatic N) is 1. The molecule has 6 heteroatoms. The molecule has 0 bridgehead atoms. The van der Waals surface area contributed by atoms with Gasteiger partial charge in [-0.05, 0) is 12.8 Å². The zero-order valence-corrected chi connectivity index (χ0v) is 11.7. The van der Waals surface area contributed by atoms with Crippen molar-refractivity contribution in [3.8, 4) is 0 Å². The maximum absolute atomic E-state index is 11.8. The van der Waals surface area contributed by atoms with Crippen molar-refractivity contribution in [1.82, 2.24) is 10.3 Å². The predicted molar refractivity (Wildman–Crippen MR) is 73.9 cm³/mol. The summed E-state index contributed by atoms with van der Waals surface area (Å²) in [5, 5.41) is 3.72. The topological polar surface area (TPSA) is 68.0 Å². The molecule has 1 aromatic heterocycles. The minimum Gasteiger partial charge on any atom is -0.393 e. The van der Waals surface area contributed by atoms with Crippen LogP contribution >= 0.6 is 23.6 Å². The third kappa shape index (κ3) is 4.05. The minimum absolute atomic E-state index is 0.117. The summed E-state index contributed by atoms with van der Waals surface area (Å²) in [7, 11) is 0. The van der Waals surface area contributed by atoms with E-state index >= 15 is 0 Å². The van der Waals surface area contributed by atoms with Gasteiger partial charge in [-0.15, -0.1) is 11.3 Å². The highest BCUT2D eigenvalue weighted by atomic mass is 32.1. The van der Waals surface area contributed by atoms with E-state index in [1.54, 1.807) is 11.3 Å². The van der Waals surface area contributed by atoms with E-state index in [1.807, 2.05) is 13.1 Å². The first kappa shape index (κ1) is 14.1. The van der Waals surface area contributed by atoms with Gasteiger partial charge in [0.15, 0.2) is 0 Å². The van der Waals surface area contributed by atoms with Crippen molar-refractivity contribution in [1.29, 1.82) is 0 Å². The number of aryl methyl sites for hydroxylation is 1. The molecular weight excluding hydrogens is 254 g/mol. The number of nitrogens with two attached hydrogens (primary N) is 1. The molecule has 1 amide bonds. The molecule has 0 aromatic carbocycles. The van der Waals surface area contributed by atoms with E-state index in [1.165, 1.54) is 4.88 Å². The number of thiocarbonyl (C=S) groups is 1. The highest BCUT2D eigenvalue weighted by Crippen LogP contribution is 2.13. The number of thiazole rings is 1. The molecule has 0 saturated heterocycles. The SMILES string of the molecule is CCc1cnc(CNC(=O)C(CC)C(N)=S)s1. The number of hydrogen-bond acceptors (Lipinski definition) is 4. The summed E-state index contributed by atoms with van der Waals surface area (Å²) in [5.74, 6) is -0.496. The fraction of sp³-hybridized carbons (Fsp3) is 0.545. The Hall–Kier alpha value is -1.01. The Balaban J connectivity index is 2.49. The number of nitrogens with one attached hydrogen (secondary N) is 1. The molecule has 0 fully saturated rings. The summed E-state index contributed by atoms with van der Waals surface area (Å²) in [5.41, 5.74) is 5.50. The summed E-state index contributed by atoms with van der Waals surface area (Å²) >= 11 is 6.46. The van der Waals surface area contributed by atoms with E-state index < -0.39 is 0 Å². The lowest BCUT2D eigenvalue weighted by atomic mass is 10.1. The van der Waals surface area contributed by atoms with Crippen LogP contribution < -0.4 is 11.1 Å². The van der Waals surface area contributed by atoms with Crippen molar-refractivity contribution in [2.24, 2.45) is 11.7 Å². The van der Waals surface area contributed by atoms with Crippen molar-refractivity contribution in [2.45, 2.75) is 33.2 Å². The predicted octanol–water partition coefficient (Wildman–Crippen LogP) is 1.63. The van der Waals surface area contributed by atoms with Gasteiger partial charge in [-0.25, -0.2) is 4.98 Å². The van der Waals surface area contributed by atoms with Crippen molar-refractivity contribution in [3.05, 3.63) is 16.1 Å². The summed E-state index contributed by atoms with van der Waals surface area (Å²) in [4.78, 5) is 17.5. The summed E-state index contributed by atoms with van der Waals surface area (Å²) in [6.45, 7) is 4.42. The standard InChI is InChI=1S/C11H17N3OS2/c1-3-7-5-13-9(17-7)6-14-11(15)8(4-2)10(12)16/h5,8H,3-4,6H2,1-2H3,(H2,12,16)(H,14,15). The second-order valence-corrected chi connectivity index (χ2v) is 5.33. The Morgan fingerprint density at radius 1 is 1.65 bits per heavy atom. The number of hydrogen-bond donors (Lipinski definition) is 2. The van der Waals surface area contributed by atoms with Gasteiger partial charge in [-0.1, -0.05) is 26.1 Å². The lowest BCUT2D eigenvalue weighted by Crippen LogP contribution is -2.37. The average molecular weight is 271 g/mol. The van der Waals surface area contributed by atoms with Crippen LogP contribution in [0.1, 0.15) is 30.2 Å². The maximum Gasteiger partial charge on any atom is 0.230 e. The number of carbonyl (C=O) groups excluding carboxylic acids is 1. The molecular formula is C11H17N3OS2. The van der Waals surface area contributed by atoms with Gasteiger partial charge in [0.05, 0.1) is 17.5 Å². The highest BCUT2D eigenvalue weighted by Gasteiger charge is 2.18. The molecule has 0 aliphatic carbocycles. The van der Waals surface area contributed by atoms with Gasteiger partial charge in [-0.2, -0.15) is 0 Å². The van der Waals surface area contributed by atoms with Crippen LogP contribution in [-0.4, -0.2) is 15.9 Å². The number of carbonyl (C=O) groups is 1. The lowest BCUT2D eigenvalue weighted by Gasteiger charge is -2.12. The van der Waals surface area contributed by atoms with Gasteiger partial charge in [0.2, 0.25) is 5.91 Å². The number of aromatic nitrogens is 1. The van der Waals surface area contributed by atoms with E-state index in [4.69, 9.17) is 18.0 Å². The minimum atomic E-state index is -0.379. The van der Waals surface area contributed by atoms with E-state index in [0.29, 0.717) is 13.0 Å². The Morgan fingerprint density at radius 2 is 2.35 bits per heavy atom. The zero-order valence-electron chi connectivity index (χ0n) is 10.0. The molecule has 0 spiro atoms. The smallest absolute Gasteiger partial charge is 0.230 e. The van der Waals surface area contributed by atoms with Crippen LogP contribution in [-0.2, 0) is 17.8 Å². The first-order chi connectivity index (χ1) is 8.08. The molecule has 0 aliphatic rings. The molecule has 17 heavy (non-hydrogen) atoms. The maximum atomic E-state index is 11.8. The van der Waals surface area contributed by atoms with E-state index in [9.17, 15) is 4.79 Å². The van der Waals surface area contributed by atoms with Crippen LogP contribution in [0.25, 0.3) is 0 Å². The molecule has 4 nitrogen and oxygen atoms in total. The van der Waals surface area contributed by atoms with Crippen LogP contribution in [0, 0.1) is 5.92 Å². The highest BCUT2D eigenvalue weighted by molar-refractivity contribution is 7.80. The molecule has 0 radical (unpaired) electrons. The molecule has 1 aromatic rings. The van der Waals surface area contributed by atoms with Crippen LogP contribution in [0.3, 0.4) is 0 Å². The summed E-state index contributed by atoms with van der Waals surface area (Å²) in [6.07, 6.45) is 3.44. The monoisotopic (exact) mass is 271 g/mol. The van der Waals surface area contributed by atoms with Gasteiger partial charge in [0, 0.05) is 11.1 Å². The molecule has 1 heterocycles. The summed E-state index contributed by atoms with van der Waals surface area (Å²) < 4.78 is 0. The second kappa shape index (κ2) is 6.66. The Labute approximate surface area is 111 Å². The molecule has 3 N–H and O–H groups in total. The zero-order chi connectivity index (χ0) is 12.8. The van der Waals surface area contributed by atoms with E-state index in [0.717, 1.165) is 11.4 Å². The van der Waals surface area contributed by atoms with Gasteiger partial charge < -0.3 is 11.1 Å². The number of amides is 1. The molecule has 1 rings (SSSR count). The Morgan fingerprint density at radius 3 is 2.82 bits per heavy atom. The van der Waals surface area contributed by atoms with Crippen molar-refractivity contribution in [2.75, 3.05) is 0 Å². The van der Waals surface area contributed by atoms with Crippen LogP contribution in [0.5, 0.6) is 0 Å². The van der Waals surface area contributed by atoms with E-state index in [-0.39, 0.29) is 16.8 Å². The van der Waals surface area contributed by atoms with Gasteiger partial charge >= 0.3 is 0 Å². The van der Waals surface area contributed by atoms with Gasteiger partial charge in [-0.3, -0.25) is 4.79 Å². The molecule has 0 saturated carbocycles. The Kier molecular flexibility index (Phi) is 5.50. The van der Waals surface area contributed by atoms with Crippen LogP contribution in [0.4, 0.5) is 0 Å². The first-order valence-electron chi connectivity index (χ1n) is 5.59. The first-order valence-corrected chi connectivity index (χ1v) is 6.81. The van der Waals surface area contributed by atoms with E-state index in [2.05, 4.69) is 17.2 Å². The fourth-order valence-electron chi connectivity index (χ4n) is 1.39.